The fourth-order valence-corrected chi connectivity index (χ4v) is 1.93. The molecule has 0 aliphatic carbocycles. The summed E-state index contributed by atoms with van der Waals surface area (Å²) in [5, 5.41) is 3.49. The zero-order chi connectivity index (χ0) is 9.68. The van der Waals surface area contributed by atoms with E-state index in [-0.39, 0.29) is 0 Å². The minimum atomic E-state index is 0.664. The highest BCUT2D eigenvalue weighted by Crippen LogP contribution is 2.14. The molecule has 2 unspecified atom stereocenters. The van der Waals surface area contributed by atoms with Crippen LogP contribution in [0.2, 0.25) is 0 Å². The standard InChI is InChI=1S/C11H20N2/c1-4-5-7-12-11-6-8-13(3)9-10(11)2/h10-12H,6-9H2,1-3H3. The van der Waals surface area contributed by atoms with Gasteiger partial charge in [0.2, 0.25) is 0 Å². The van der Waals surface area contributed by atoms with Crippen LogP contribution in [0.4, 0.5) is 0 Å². The Morgan fingerprint density at radius 2 is 2.31 bits per heavy atom. The largest absolute Gasteiger partial charge is 0.306 e. The van der Waals surface area contributed by atoms with E-state index in [1.54, 1.807) is 0 Å². The van der Waals surface area contributed by atoms with Crippen LogP contribution in [0.3, 0.4) is 0 Å². The molecular weight excluding hydrogens is 160 g/mol. The molecule has 2 heteroatoms. The third-order valence-corrected chi connectivity index (χ3v) is 2.74. The lowest BCUT2D eigenvalue weighted by atomic mass is 9.94. The lowest BCUT2D eigenvalue weighted by Crippen LogP contribution is -2.47. The maximum atomic E-state index is 3.49. The third kappa shape index (κ3) is 3.38. The van der Waals surface area contributed by atoms with Gasteiger partial charge in [-0.3, -0.25) is 0 Å². The second-order valence-corrected chi connectivity index (χ2v) is 3.94. The minimum Gasteiger partial charge on any atom is -0.306 e. The molecule has 1 heterocycles. The summed E-state index contributed by atoms with van der Waals surface area (Å²) in [7, 11) is 2.19. The highest BCUT2D eigenvalue weighted by atomic mass is 15.1. The van der Waals surface area contributed by atoms with E-state index >= 15 is 0 Å². The molecule has 0 radical (unpaired) electrons. The summed E-state index contributed by atoms with van der Waals surface area (Å²) in [6, 6.07) is 0.664. The fourth-order valence-electron chi connectivity index (χ4n) is 1.93. The van der Waals surface area contributed by atoms with Gasteiger partial charge in [0.05, 0.1) is 6.54 Å². The fraction of sp³-hybridized carbons (Fsp3) is 0.818. The van der Waals surface area contributed by atoms with Gasteiger partial charge in [-0.15, -0.1) is 5.92 Å². The predicted octanol–water partition coefficient (Wildman–Crippen LogP) is 0.940. The zero-order valence-electron chi connectivity index (χ0n) is 8.93. The molecular formula is C11H20N2. The van der Waals surface area contributed by atoms with Crippen molar-refractivity contribution in [3.8, 4) is 11.8 Å². The van der Waals surface area contributed by atoms with Gasteiger partial charge in [-0.05, 0) is 32.9 Å². The number of piperidine rings is 1. The highest BCUT2D eigenvalue weighted by molar-refractivity contribution is 4.98. The molecule has 0 aromatic heterocycles. The van der Waals surface area contributed by atoms with Crippen LogP contribution in [0.5, 0.6) is 0 Å². The van der Waals surface area contributed by atoms with Crippen LogP contribution < -0.4 is 5.32 Å². The Morgan fingerprint density at radius 1 is 1.54 bits per heavy atom. The van der Waals surface area contributed by atoms with Gasteiger partial charge in [0, 0.05) is 12.6 Å². The molecule has 74 valence electrons. The molecule has 1 N–H and O–H groups in total. The summed E-state index contributed by atoms with van der Waals surface area (Å²) in [6.07, 6.45) is 1.25. The maximum Gasteiger partial charge on any atom is 0.0578 e. The summed E-state index contributed by atoms with van der Waals surface area (Å²) in [6.45, 7) is 7.46. The summed E-state index contributed by atoms with van der Waals surface area (Å²) in [5.41, 5.74) is 0. The number of rotatable bonds is 2. The van der Waals surface area contributed by atoms with Crippen molar-refractivity contribution < 1.29 is 0 Å². The normalized spacial score (nSPS) is 29.5. The molecule has 1 aliphatic heterocycles. The van der Waals surface area contributed by atoms with Gasteiger partial charge in [-0.25, -0.2) is 0 Å². The summed E-state index contributed by atoms with van der Waals surface area (Å²) >= 11 is 0. The summed E-state index contributed by atoms with van der Waals surface area (Å²) in [5.74, 6) is 6.71. The quantitative estimate of drug-likeness (QED) is 0.636. The third-order valence-electron chi connectivity index (χ3n) is 2.74. The zero-order valence-corrected chi connectivity index (χ0v) is 8.93. The van der Waals surface area contributed by atoms with Gasteiger partial charge in [0.1, 0.15) is 0 Å². The van der Waals surface area contributed by atoms with Crippen molar-refractivity contribution >= 4 is 0 Å². The van der Waals surface area contributed by atoms with Crippen LogP contribution in [-0.4, -0.2) is 37.6 Å². The van der Waals surface area contributed by atoms with Crippen molar-refractivity contribution in [2.45, 2.75) is 26.3 Å². The number of nitrogens with zero attached hydrogens (tertiary/aromatic N) is 1. The molecule has 0 aromatic carbocycles. The van der Waals surface area contributed by atoms with Crippen molar-refractivity contribution in [2.24, 2.45) is 5.92 Å². The molecule has 0 bridgehead atoms. The van der Waals surface area contributed by atoms with E-state index in [1.165, 1.54) is 19.5 Å². The molecule has 1 aliphatic rings. The monoisotopic (exact) mass is 180 g/mol. The van der Waals surface area contributed by atoms with Gasteiger partial charge in [-0.2, -0.15) is 0 Å². The van der Waals surface area contributed by atoms with Crippen LogP contribution in [0, 0.1) is 17.8 Å². The number of likely N-dealkylation sites (tertiary alicyclic amines) is 1. The molecule has 2 atom stereocenters. The van der Waals surface area contributed by atoms with Crippen LogP contribution in [-0.2, 0) is 0 Å². The van der Waals surface area contributed by atoms with E-state index in [1.807, 2.05) is 6.92 Å². The number of hydrogen-bond donors (Lipinski definition) is 1. The molecule has 1 saturated heterocycles. The maximum absolute atomic E-state index is 3.49. The van der Waals surface area contributed by atoms with Crippen LogP contribution in [0.1, 0.15) is 20.3 Å². The average Bonchev–Trinajstić information content (AvgIpc) is 2.09. The van der Waals surface area contributed by atoms with E-state index in [4.69, 9.17) is 0 Å². The van der Waals surface area contributed by atoms with E-state index in [0.717, 1.165) is 12.5 Å². The summed E-state index contributed by atoms with van der Waals surface area (Å²) in [4.78, 5) is 2.40. The van der Waals surface area contributed by atoms with Crippen molar-refractivity contribution in [3.63, 3.8) is 0 Å². The van der Waals surface area contributed by atoms with Gasteiger partial charge in [0.25, 0.3) is 0 Å². The Kier molecular flexibility index (Phi) is 4.27. The first-order valence-corrected chi connectivity index (χ1v) is 5.05. The first-order chi connectivity index (χ1) is 6.24. The Morgan fingerprint density at radius 3 is 2.92 bits per heavy atom. The molecule has 13 heavy (non-hydrogen) atoms. The smallest absolute Gasteiger partial charge is 0.0578 e. The van der Waals surface area contributed by atoms with Crippen molar-refractivity contribution in [2.75, 3.05) is 26.7 Å². The lowest BCUT2D eigenvalue weighted by molar-refractivity contribution is 0.178. The SMILES string of the molecule is CC#CCNC1CCN(C)CC1C. The van der Waals surface area contributed by atoms with Gasteiger partial charge >= 0.3 is 0 Å². The van der Waals surface area contributed by atoms with Gasteiger partial charge in [0.15, 0.2) is 0 Å². The first-order valence-electron chi connectivity index (χ1n) is 5.05. The molecule has 2 nitrogen and oxygen atoms in total. The Labute approximate surface area is 81.7 Å². The summed E-state index contributed by atoms with van der Waals surface area (Å²) < 4.78 is 0. The van der Waals surface area contributed by atoms with E-state index in [9.17, 15) is 0 Å². The highest BCUT2D eigenvalue weighted by Gasteiger charge is 2.22. The van der Waals surface area contributed by atoms with Crippen molar-refractivity contribution in [3.05, 3.63) is 0 Å². The molecule has 1 rings (SSSR count). The van der Waals surface area contributed by atoms with E-state index in [2.05, 4.69) is 36.0 Å². The minimum absolute atomic E-state index is 0.664. The molecule has 0 saturated carbocycles. The number of hydrogen-bond acceptors (Lipinski definition) is 2. The molecule has 0 amide bonds. The van der Waals surface area contributed by atoms with Crippen LogP contribution in [0.25, 0.3) is 0 Å². The second-order valence-electron chi connectivity index (χ2n) is 3.94. The molecule has 0 aromatic rings. The van der Waals surface area contributed by atoms with E-state index < -0.39 is 0 Å². The van der Waals surface area contributed by atoms with Crippen LogP contribution in [0.15, 0.2) is 0 Å². The van der Waals surface area contributed by atoms with E-state index in [0.29, 0.717) is 6.04 Å². The molecule has 0 spiro atoms. The predicted molar refractivity (Wildman–Crippen MR) is 56.5 cm³/mol. The van der Waals surface area contributed by atoms with Gasteiger partial charge < -0.3 is 10.2 Å². The topological polar surface area (TPSA) is 15.3 Å². The molecule has 1 fully saturated rings. The Bertz CT molecular complexity index is 202. The Balaban J connectivity index is 2.28. The van der Waals surface area contributed by atoms with Crippen molar-refractivity contribution in [1.82, 2.24) is 10.2 Å². The second kappa shape index (κ2) is 5.26. The first kappa shape index (κ1) is 10.6. The van der Waals surface area contributed by atoms with Gasteiger partial charge in [-0.1, -0.05) is 12.8 Å². The number of nitrogens with one attached hydrogen (secondary N) is 1. The lowest BCUT2D eigenvalue weighted by Gasteiger charge is -2.34. The average molecular weight is 180 g/mol. The Hall–Kier alpha value is -0.520. The van der Waals surface area contributed by atoms with Crippen molar-refractivity contribution in [1.29, 1.82) is 0 Å². The van der Waals surface area contributed by atoms with Crippen LogP contribution >= 0.6 is 0 Å².